The van der Waals surface area contributed by atoms with Gasteiger partial charge >= 0.3 is 0 Å². The second-order valence-corrected chi connectivity index (χ2v) is 6.01. The van der Waals surface area contributed by atoms with Gasteiger partial charge in [-0.1, -0.05) is 64.7 Å². The molecule has 0 unspecified atom stereocenters. The number of hydrogen-bond acceptors (Lipinski definition) is 1. The van der Waals surface area contributed by atoms with Gasteiger partial charge in [-0.15, -0.1) is 17.3 Å². The Bertz CT molecular complexity index is 244. The topological polar surface area (TPSA) is 9.23 Å². The Labute approximate surface area is 137 Å². The first-order valence-corrected chi connectivity index (χ1v) is 9.48. The van der Waals surface area contributed by atoms with Crippen molar-refractivity contribution in [2.75, 3.05) is 19.1 Å². The van der Waals surface area contributed by atoms with Crippen LogP contribution in [0.25, 0.3) is 0 Å². The molecule has 124 valence electrons. The smallest absolute Gasteiger partial charge is 0.0506 e. The summed E-state index contributed by atoms with van der Waals surface area (Å²) in [5, 5.41) is 0. The summed E-state index contributed by atoms with van der Waals surface area (Å²) in [6.45, 7) is 4.01. The van der Waals surface area contributed by atoms with Crippen molar-refractivity contribution >= 4 is 11.6 Å². The van der Waals surface area contributed by atoms with E-state index in [-0.39, 0.29) is 0 Å². The van der Waals surface area contributed by atoms with E-state index in [4.69, 9.17) is 16.3 Å². The summed E-state index contributed by atoms with van der Waals surface area (Å²) >= 11 is 5.56. The van der Waals surface area contributed by atoms with E-state index in [1.807, 2.05) is 12.2 Å². The van der Waals surface area contributed by atoms with Gasteiger partial charge < -0.3 is 4.74 Å². The quantitative estimate of drug-likeness (QED) is 0.176. The molecule has 0 saturated carbocycles. The highest BCUT2D eigenvalue weighted by atomic mass is 35.5. The molecule has 0 saturated heterocycles. The second kappa shape index (κ2) is 19.8. The van der Waals surface area contributed by atoms with Gasteiger partial charge in [-0.3, -0.25) is 0 Å². The molecule has 2 heteroatoms. The molecule has 0 bridgehead atoms. The van der Waals surface area contributed by atoms with Crippen LogP contribution in [0.15, 0.2) is 17.9 Å². The zero-order chi connectivity index (χ0) is 15.4. The summed E-state index contributed by atoms with van der Waals surface area (Å²) < 4.78 is 5.60. The van der Waals surface area contributed by atoms with E-state index in [1.54, 1.807) is 0 Å². The number of ether oxygens (including phenoxy) is 1. The molecule has 0 radical (unpaired) electrons. The SMILES string of the molecule is CCCCCCCCCCCCOCCC=C=CCCCl. The number of rotatable bonds is 16. The lowest BCUT2D eigenvalue weighted by atomic mass is 10.1. The molecule has 0 N–H and O–H groups in total. The van der Waals surface area contributed by atoms with Crippen LogP contribution < -0.4 is 0 Å². The fourth-order valence-corrected chi connectivity index (χ4v) is 2.35. The molecule has 0 rings (SSSR count). The van der Waals surface area contributed by atoms with E-state index < -0.39 is 0 Å². The zero-order valence-electron chi connectivity index (χ0n) is 14.0. The first kappa shape index (κ1) is 20.8. The zero-order valence-corrected chi connectivity index (χ0v) is 14.8. The molecular formula is C19H35ClO. The number of alkyl halides is 1. The van der Waals surface area contributed by atoms with Gasteiger partial charge in [-0.2, -0.15) is 0 Å². The number of unbranched alkanes of at least 4 members (excludes halogenated alkanes) is 9. The van der Waals surface area contributed by atoms with Crippen LogP contribution in [0.4, 0.5) is 0 Å². The summed E-state index contributed by atoms with van der Waals surface area (Å²) in [5.41, 5.74) is 3.12. The lowest BCUT2D eigenvalue weighted by molar-refractivity contribution is 0.134. The maximum absolute atomic E-state index is 5.60. The molecule has 0 spiro atoms. The van der Waals surface area contributed by atoms with E-state index in [0.717, 1.165) is 26.1 Å². The van der Waals surface area contributed by atoms with Gasteiger partial charge in [0.2, 0.25) is 0 Å². The van der Waals surface area contributed by atoms with Crippen molar-refractivity contribution in [2.24, 2.45) is 0 Å². The Morgan fingerprint density at radius 1 is 0.762 bits per heavy atom. The molecule has 0 aromatic rings. The van der Waals surface area contributed by atoms with Gasteiger partial charge in [0, 0.05) is 12.5 Å². The first-order chi connectivity index (χ1) is 10.4. The minimum atomic E-state index is 0.677. The minimum absolute atomic E-state index is 0.677. The van der Waals surface area contributed by atoms with Crippen molar-refractivity contribution in [1.29, 1.82) is 0 Å². The van der Waals surface area contributed by atoms with Crippen LogP contribution in [0.5, 0.6) is 0 Å². The van der Waals surface area contributed by atoms with Crippen LogP contribution in [0, 0.1) is 0 Å². The lowest BCUT2D eigenvalue weighted by Gasteiger charge is -2.03. The molecule has 0 aliphatic rings. The Morgan fingerprint density at radius 3 is 1.95 bits per heavy atom. The van der Waals surface area contributed by atoms with Crippen LogP contribution in [-0.4, -0.2) is 19.1 Å². The van der Waals surface area contributed by atoms with Gasteiger partial charge in [0.05, 0.1) is 6.61 Å². The summed E-state index contributed by atoms with van der Waals surface area (Å²) in [6, 6.07) is 0. The Kier molecular flexibility index (Phi) is 19.6. The normalized spacial score (nSPS) is 10.4. The molecule has 0 amide bonds. The highest BCUT2D eigenvalue weighted by molar-refractivity contribution is 6.17. The molecular weight excluding hydrogens is 280 g/mol. The largest absolute Gasteiger partial charge is 0.381 e. The summed E-state index contributed by atoms with van der Waals surface area (Å²) in [7, 11) is 0. The third-order valence-electron chi connectivity index (χ3n) is 3.54. The molecule has 0 fully saturated rings. The van der Waals surface area contributed by atoms with Crippen molar-refractivity contribution < 1.29 is 4.74 Å². The average Bonchev–Trinajstić information content (AvgIpc) is 2.50. The predicted octanol–water partition coefficient (Wildman–Crippen LogP) is 6.65. The van der Waals surface area contributed by atoms with Crippen LogP contribution in [0.1, 0.15) is 84.0 Å². The third kappa shape index (κ3) is 19.8. The van der Waals surface area contributed by atoms with Crippen molar-refractivity contribution in [3.8, 4) is 0 Å². The van der Waals surface area contributed by atoms with Crippen molar-refractivity contribution in [2.45, 2.75) is 84.0 Å². The fourth-order valence-electron chi connectivity index (χ4n) is 2.24. The van der Waals surface area contributed by atoms with Gasteiger partial charge in [0.1, 0.15) is 0 Å². The highest BCUT2D eigenvalue weighted by Crippen LogP contribution is 2.10. The maximum Gasteiger partial charge on any atom is 0.0506 e. The van der Waals surface area contributed by atoms with Crippen molar-refractivity contribution in [1.82, 2.24) is 0 Å². The molecule has 0 aliphatic carbocycles. The molecule has 0 aromatic heterocycles. The van der Waals surface area contributed by atoms with Crippen molar-refractivity contribution in [3.05, 3.63) is 17.9 Å². The number of halogens is 1. The molecule has 1 nitrogen and oxygen atoms in total. The van der Waals surface area contributed by atoms with Crippen molar-refractivity contribution in [3.63, 3.8) is 0 Å². The minimum Gasteiger partial charge on any atom is -0.381 e. The summed E-state index contributed by atoms with van der Waals surface area (Å²) in [5.74, 6) is 0.677. The number of hydrogen-bond donors (Lipinski definition) is 0. The molecule has 0 aromatic carbocycles. The Morgan fingerprint density at radius 2 is 1.33 bits per heavy atom. The summed E-state index contributed by atoms with van der Waals surface area (Å²) in [4.78, 5) is 0. The molecule has 0 aliphatic heterocycles. The van der Waals surface area contributed by atoms with Crippen LogP contribution in [0.3, 0.4) is 0 Å². The fraction of sp³-hybridized carbons (Fsp3) is 0.842. The Balaban J connectivity index is 3.04. The monoisotopic (exact) mass is 314 g/mol. The van der Waals surface area contributed by atoms with Gasteiger partial charge in [-0.25, -0.2) is 0 Å². The van der Waals surface area contributed by atoms with E-state index in [2.05, 4.69) is 12.7 Å². The van der Waals surface area contributed by atoms with Crippen LogP contribution >= 0.6 is 11.6 Å². The lowest BCUT2D eigenvalue weighted by Crippen LogP contribution is -1.95. The van der Waals surface area contributed by atoms with Crippen LogP contribution in [-0.2, 0) is 4.74 Å². The predicted molar refractivity (Wildman–Crippen MR) is 95.3 cm³/mol. The maximum atomic E-state index is 5.60. The van der Waals surface area contributed by atoms with E-state index in [0.29, 0.717) is 5.88 Å². The Hall–Kier alpha value is -0.230. The van der Waals surface area contributed by atoms with E-state index in [9.17, 15) is 0 Å². The molecule has 0 heterocycles. The standard InChI is InChI=1S/C19H35ClO/c1-2-3-4-5-6-7-8-9-12-15-18-21-19-16-13-10-11-14-17-20/h11,13H,2-9,12,14-19H2,1H3. The van der Waals surface area contributed by atoms with Gasteiger partial charge in [-0.05, 0) is 31.4 Å². The van der Waals surface area contributed by atoms with Gasteiger partial charge in [0.15, 0.2) is 0 Å². The highest BCUT2D eigenvalue weighted by Gasteiger charge is 1.93. The summed E-state index contributed by atoms with van der Waals surface area (Å²) in [6.07, 6.45) is 19.6. The molecule has 21 heavy (non-hydrogen) atoms. The van der Waals surface area contributed by atoms with Crippen LogP contribution in [0.2, 0.25) is 0 Å². The molecule has 0 atom stereocenters. The van der Waals surface area contributed by atoms with Gasteiger partial charge in [0.25, 0.3) is 0 Å². The third-order valence-corrected chi connectivity index (χ3v) is 3.76. The van der Waals surface area contributed by atoms with E-state index in [1.165, 1.54) is 64.2 Å². The second-order valence-electron chi connectivity index (χ2n) is 5.64. The van der Waals surface area contributed by atoms with E-state index >= 15 is 0 Å². The average molecular weight is 315 g/mol. The first-order valence-electron chi connectivity index (χ1n) is 8.95.